The monoisotopic (exact) mass is 263 g/mol. The van der Waals surface area contributed by atoms with Crippen LogP contribution in [0.5, 0.6) is 5.75 Å². The summed E-state index contributed by atoms with van der Waals surface area (Å²) in [6.07, 6.45) is 0. The first-order valence-electron chi connectivity index (χ1n) is 5.96. The topological polar surface area (TPSA) is 21.3 Å². The Balaban J connectivity index is 1.88. The fourth-order valence-corrected chi connectivity index (χ4v) is 1.77. The number of nitrogens with one attached hydrogen (secondary N) is 1. The minimum absolute atomic E-state index is 0.238. The number of halogens is 2. The van der Waals surface area contributed by atoms with Crippen molar-refractivity contribution in [1.82, 2.24) is 5.32 Å². The number of benzene rings is 2. The molecule has 0 amide bonds. The van der Waals surface area contributed by atoms with Crippen LogP contribution in [0.2, 0.25) is 0 Å². The highest BCUT2D eigenvalue weighted by atomic mass is 19.1. The van der Waals surface area contributed by atoms with Crippen molar-refractivity contribution in [3.05, 3.63) is 65.2 Å². The summed E-state index contributed by atoms with van der Waals surface area (Å²) in [4.78, 5) is 0. The zero-order valence-corrected chi connectivity index (χ0v) is 10.6. The maximum absolute atomic E-state index is 13.5. The SMILES string of the molecule is COc1ccc(CNCc2ccc(F)cc2)cc1F. The second kappa shape index (κ2) is 6.29. The van der Waals surface area contributed by atoms with E-state index in [-0.39, 0.29) is 17.4 Å². The molecule has 0 spiro atoms. The molecule has 1 N–H and O–H groups in total. The van der Waals surface area contributed by atoms with E-state index in [0.717, 1.165) is 11.1 Å². The number of hydrogen-bond acceptors (Lipinski definition) is 2. The van der Waals surface area contributed by atoms with E-state index in [1.54, 1.807) is 24.3 Å². The zero-order valence-electron chi connectivity index (χ0n) is 10.6. The summed E-state index contributed by atoms with van der Waals surface area (Å²) in [7, 11) is 1.44. The van der Waals surface area contributed by atoms with E-state index >= 15 is 0 Å². The van der Waals surface area contributed by atoms with Gasteiger partial charge in [0.25, 0.3) is 0 Å². The lowest BCUT2D eigenvalue weighted by molar-refractivity contribution is 0.386. The third kappa shape index (κ3) is 3.76. The molecule has 0 saturated heterocycles. The Bertz CT molecular complexity index is 540. The molecule has 4 heteroatoms. The van der Waals surface area contributed by atoms with E-state index in [1.165, 1.54) is 25.3 Å². The predicted octanol–water partition coefficient (Wildman–Crippen LogP) is 3.26. The van der Waals surface area contributed by atoms with Gasteiger partial charge in [-0.15, -0.1) is 0 Å². The third-order valence-corrected chi connectivity index (χ3v) is 2.79. The molecule has 0 heterocycles. The molecule has 0 aliphatic heterocycles. The van der Waals surface area contributed by atoms with Gasteiger partial charge in [-0.1, -0.05) is 18.2 Å². The summed E-state index contributed by atoms with van der Waals surface area (Å²) in [5.41, 5.74) is 1.82. The standard InChI is InChI=1S/C15H15F2NO/c1-19-15-7-4-12(8-14(15)17)10-18-9-11-2-5-13(16)6-3-11/h2-8,18H,9-10H2,1H3. The maximum atomic E-state index is 13.5. The molecule has 19 heavy (non-hydrogen) atoms. The molecule has 0 aliphatic carbocycles. The van der Waals surface area contributed by atoms with Gasteiger partial charge < -0.3 is 10.1 Å². The van der Waals surface area contributed by atoms with Crippen LogP contribution in [0.1, 0.15) is 11.1 Å². The van der Waals surface area contributed by atoms with Crippen LogP contribution >= 0.6 is 0 Å². The highest BCUT2D eigenvalue weighted by molar-refractivity contribution is 5.29. The number of rotatable bonds is 5. The molecule has 2 nitrogen and oxygen atoms in total. The third-order valence-electron chi connectivity index (χ3n) is 2.79. The highest BCUT2D eigenvalue weighted by Crippen LogP contribution is 2.17. The Kier molecular flexibility index (Phi) is 4.47. The van der Waals surface area contributed by atoms with Crippen molar-refractivity contribution in [2.24, 2.45) is 0 Å². The minimum atomic E-state index is -0.372. The first-order chi connectivity index (χ1) is 9.19. The highest BCUT2D eigenvalue weighted by Gasteiger charge is 2.03. The largest absolute Gasteiger partial charge is 0.494 e. The minimum Gasteiger partial charge on any atom is -0.494 e. The van der Waals surface area contributed by atoms with E-state index in [2.05, 4.69) is 5.32 Å². The van der Waals surface area contributed by atoms with Gasteiger partial charge in [0.15, 0.2) is 11.6 Å². The Hall–Kier alpha value is -1.94. The van der Waals surface area contributed by atoms with Crippen molar-refractivity contribution < 1.29 is 13.5 Å². The van der Waals surface area contributed by atoms with Crippen LogP contribution in [-0.4, -0.2) is 7.11 Å². The van der Waals surface area contributed by atoms with Crippen LogP contribution in [-0.2, 0) is 13.1 Å². The Morgan fingerprint density at radius 3 is 2.21 bits per heavy atom. The average molecular weight is 263 g/mol. The van der Waals surface area contributed by atoms with Crippen molar-refractivity contribution >= 4 is 0 Å². The van der Waals surface area contributed by atoms with Crippen molar-refractivity contribution in [3.63, 3.8) is 0 Å². The molecule has 2 rings (SSSR count). The Labute approximate surface area is 111 Å². The van der Waals surface area contributed by atoms with E-state index in [4.69, 9.17) is 4.74 Å². The lowest BCUT2D eigenvalue weighted by Crippen LogP contribution is -2.12. The fourth-order valence-electron chi connectivity index (χ4n) is 1.77. The van der Waals surface area contributed by atoms with Crippen molar-refractivity contribution in [1.29, 1.82) is 0 Å². The summed E-state index contributed by atoms with van der Waals surface area (Å²) >= 11 is 0. The van der Waals surface area contributed by atoms with Crippen LogP contribution in [0, 0.1) is 11.6 Å². The lowest BCUT2D eigenvalue weighted by atomic mass is 10.2. The van der Waals surface area contributed by atoms with Gasteiger partial charge in [-0.2, -0.15) is 0 Å². The van der Waals surface area contributed by atoms with Gasteiger partial charge in [-0.05, 0) is 35.4 Å². The lowest BCUT2D eigenvalue weighted by Gasteiger charge is -2.07. The molecule has 2 aromatic rings. The van der Waals surface area contributed by atoms with Crippen molar-refractivity contribution in [3.8, 4) is 5.75 Å². The molecular formula is C15H15F2NO. The fraction of sp³-hybridized carbons (Fsp3) is 0.200. The van der Waals surface area contributed by atoms with Crippen LogP contribution < -0.4 is 10.1 Å². The van der Waals surface area contributed by atoms with E-state index in [9.17, 15) is 8.78 Å². The van der Waals surface area contributed by atoms with Crippen LogP contribution in [0.3, 0.4) is 0 Å². The van der Waals surface area contributed by atoms with Gasteiger partial charge in [0.05, 0.1) is 7.11 Å². The van der Waals surface area contributed by atoms with Gasteiger partial charge >= 0.3 is 0 Å². The quantitative estimate of drug-likeness (QED) is 0.894. The summed E-state index contributed by atoms with van der Waals surface area (Å²) in [6.45, 7) is 1.15. The van der Waals surface area contributed by atoms with Crippen LogP contribution in [0.15, 0.2) is 42.5 Å². The summed E-state index contributed by atoms with van der Waals surface area (Å²) in [5.74, 6) is -0.383. The van der Waals surface area contributed by atoms with Gasteiger partial charge in [0, 0.05) is 13.1 Å². The van der Waals surface area contributed by atoms with E-state index < -0.39 is 0 Å². The van der Waals surface area contributed by atoms with Crippen LogP contribution in [0.4, 0.5) is 8.78 Å². The molecule has 0 aliphatic rings. The summed E-state index contributed by atoms with van der Waals surface area (Å²) in [6, 6.07) is 11.1. The van der Waals surface area contributed by atoms with Gasteiger partial charge in [-0.25, -0.2) is 8.78 Å². The number of methoxy groups -OCH3 is 1. The van der Waals surface area contributed by atoms with E-state index in [1.807, 2.05) is 0 Å². The molecule has 0 radical (unpaired) electrons. The maximum Gasteiger partial charge on any atom is 0.165 e. The number of ether oxygens (including phenoxy) is 1. The smallest absolute Gasteiger partial charge is 0.165 e. The molecule has 0 unspecified atom stereocenters. The number of hydrogen-bond donors (Lipinski definition) is 1. The molecule has 0 atom stereocenters. The molecule has 0 fully saturated rings. The normalized spacial score (nSPS) is 10.5. The second-order valence-electron chi connectivity index (χ2n) is 4.20. The average Bonchev–Trinajstić information content (AvgIpc) is 2.41. The second-order valence-corrected chi connectivity index (χ2v) is 4.20. The van der Waals surface area contributed by atoms with Crippen LogP contribution in [0.25, 0.3) is 0 Å². The molecule has 2 aromatic carbocycles. The predicted molar refractivity (Wildman–Crippen MR) is 69.9 cm³/mol. The van der Waals surface area contributed by atoms with Gasteiger partial charge in [0.2, 0.25) is 0 Å². The van der Waals surface area contributed by atoms with Gasteiger partial charge in [-0.3, -0.25) is 0 Å². The summed E-state index contributed by atoms with van der Waals surface area (Å²) in [5, 5.41) is 3.17. The summed E-state index contributed by atoms with van der Waals surface area (Å²) < 4.78 is 31.0. The van der Waals surface area contributed by atoms with Gasteiger partial charge in [0.1, 0.15) is 5.82 Å². The first-order valence-corrected chi connectivity index (χ1v) is 5.96. The Morgan fingerprint density at radius 2 is 1.58 bits per heavy atom. The Morgan fingerprint density at radius 1 is 0.947 bits per heavy atom. The van der Waals surface area contributed by atoms with Crippen molar-refractivity contribution in [2.75, 3.05) is 7.11 Å². The molecular weight excluding hydrogens is 248 g/mol. The molecule has 0 bridgehead atoms. The molecule has 0 saturated carbocycles. The van der Waals surface area contributed by atoms with Crippen molar-refractivity contribution in [2.45, 2.75) is 13.1 Å². The first kappa shape index (κ1) is 13.5. The van der Waals surface area contributed by atoms with E-state index in [0.29, 0.717) is 13.1 Å². The molecule has 100 valence electrons. The molecule has 0 aromatic heterocycles. The zero-order chi connectivity index (χ0) is 13.7.